The lowest BCUT2D eigenvalue weighted by molar-refractivity contribution is -0.122. The number of hydrogen-bond donors (Lipinski definition) is 3. The quantitative estimate of drug-likeness (QED) is 0.612. The molecule has 4 nitrogen and oxygen atoms in total. The number of nitrogens with one attached hydrogen (secondary N) is 3. The molecule has 134 valence electrons. The summed E-state index contributed by atoms with van der Waals surface area (Å²) in [5.41, 5.74) is 3.65. The Morgan fingerprint density at radius 1 is 1.12 bits per heavy atom. The minimum Gasteiger partial charge on any atom is -0.361 e. The number of para-hydroxylation sites is 1. The fraction of sp³-hybridized carbons (Fsp3) is 0.318. The molecule has 1 aliphatic carbocycles. The van der Waals surface area contributed by atoms with E-state index in [0.29, 0.717) is 12.6 Å². The fourth-order valence-corrected chi connectivity index (χ4v) is 3.42. The van der Waals surface area contributed by atoms with Crippen molar-refractivity contribution >= 4 is 16.8 Å². The highest BCUT2D eigenvalue weighted by Gasteiger charge is 2.26. The molecule has 1 amide bonds. The maximum absolute atomic E-state index is 12.3. The van der Waals surface area contributed by atoms with Gasteiger partial charge in [0.25, 0.3) is 0 Å². The summed E-state index contributed by atoms with van der Waals surface area (Å²) in [5, 5.41) is 7.75. The minimum absolute atomic E-state index is 0.0956. The van der Waals surface area contributed by atoms with E-state index < -0.39 is 0 Å². The number of carbonyl (C=O) groups excluding carboxylic acids is 1. The number of benzene rings is 2. The number of aromatic amines is 1. The van der Waals surface area contributed by atoms with E-state index in [1.807, 2.05) is 19.1 Å². The third-order valence-corrected chi connectivity index (χ3v) is 5.14. The monoisotopic (exact) mass is 347 g/mol. The lowest BCUT2D eigenvalue weighted by atomic mass is 9.90. The third-order valence-electron chi connectivity index (χ3n) is 5.14. The molecule has 2 atom stereocenters. The Kier molecular flexibility index (Phi) is 4.76. The van der Waals surface area contributed by atoms with Crippen molar-refractivity contribution in [1.82, 2.24) is 15.6 Å². The van der Waals surface area contributed by atoms with E-state index in [1.54, 1.807) is 0 Å². The molecule has 0 spiro atoms. The van der Waals surface area contributed by atoms with E-state index in [-0.39, 0.29) is 17.9 Å². The van der Waals surface area contributed by atoms with Crippen molar-refractivity contribution in [3.8, 4) is 0 Å². The lowest BCUT2D eigenvalue weighted by Crippen LogP contribution is -2.44. The second-order valence-corrected chi connectivity index (χ2v) is 7.17. The number of rotatable bonds is 7. The molecular weight excluding hydrogens is 322 g/mol. The van der Waals surface area contributed by atoms with Crippen molar-refractivity contribution in [2.45, 2.75) is 37.8 Å². The molecule has 26 heavy (non-hydrogen) atoms. The van der Waals surface area contributed by atoms with Crippen LogP contribution in [0.1, 0.15) is 36.8 Å². The molecule has 1 aromatic heterocycles. The summed E-state index contributed by atoms with van der Waals surface area (Å²) in [4.78, 5) is 15.6. The largest absolute Gasteiger partial charge is 0.361 e. The molecule has 4 heteroatoms. The molecule has 0 aliphatic heterocycles. The molecule has 4 rings (SSSR count). The number of fused-ring (bicyclic) bond motifs is 1. The lowest BCUT2D eigenvalue weighted by Gasteiger charge is -2.21. The van der Waals surface area contributed by atoms with Crippen LogP contribution in [0, 0.1) is 0 Å². The number of aromatic nitrogens is 1. The highest BCUT2D eigenvalue weighted by Crippen LogP contribution is 2.30. The average Bonchev–Trinajstić information content (AvgIpc) is 3.39. The molecular formula is C22H25N3O. The van der Waals surface area contributed by atoms with Gasteiger partial charge >= 0.3 is 0 Å². The van der Waals surface area contributed by atoms with Crippen LogP contribution in [0.3, 0.4) is 0 Å². The molecule has 1 heterocycles. The van der Waals surface area contributed by atoms with Gasteiger partial charge in [0.2, 0.25) is 5.91 Å². The second kappa shape index (κ2) is 7.34. The number of hydrogen-bond acceptors (Lipinski definition) is 2. The predicted octanol–water partition coefficient (Wildman–Crippen LogP) is 3.56. The summed E-state index contributed by atoms with van der Waals surface area (Å²) in [5.74, 6) is 0.279. The molecule has 2 aromatic carbocycles. The normalized spacial score (nSPS) is 16.3. The topological polar surface area (TPSA) is 56.9 Å². The van der Waals surface area contributed by atoms with Crippen LogP contribution in [-0.4, -0.2) is 29.5 Å². The standard InChI is InChI=1S/C22H25N3O/c1-15(22(26)25-17-11-12-17)23-13-19(16-7-3-2-4-8-16)20-14-24-21-10-6-5-9-18(20)21/h2-10,14-15,17,19,23-24H,11-13H2,1H3,(H,25,26)/t15-,19-/m1/s1. The first kappa shape index (κ1) is 16.9. The Labute approximate surface area is 154 Å². The maximum atomic E-state index is 12.3. The number of H-pyrrole nitrogens is 1. The Balaban J connectivity index is 1.56. The molecule has 0 unspecified atom stereocenters. The summed E-state index contributed by atoms with van der Waals surface area (Å²) in [6.45, 7) is 2.65. The van der Waals surface area contributed by atoms with Gasteiger partial charge in [-0.15, -0.1) is 0 Å². The van der Waals surface area contributed by atoms with Gasteiger partial charge in [-0.3, -0.25) is 4.79 Å². The first-order valence-electron chi connectivity index (χ1n) is 9.37. The van der Waals surface area contributed by atoms with Crippen molar-refractivity contribution in [1.29, 1.82) is 0 Å². The van der Waals surface area contributed by atoms with Gasteiger partial charge in [0.15, 0.2) is 0 Å². The molecule has 3 aromatic rings. The first-order valence-corrected chi connectivity index (χ1v) is 9.37. The van der Waals surface area contributed by atoms with E-state index in [9.17, 15) is 4.79 Å². The zero-order valence-corrected chi connectivity index (χ0v) is 15.0. The summed E-state index contributed by atoms with van der Waals surface area (Å²) < 4.78 is 0. The van der Waals surface area contributed by atoms with Crippen LogP contribution in [-0.2, 0) is 4.79 Å². The average molecular weight is 347 g/mol. The van der Waals surface area contributed by atoms with Crippen molar-refractivity contribution in [3.05, 3.63) is 71.9 Å². The summed E-state index contributed by atoms with van der Waals surface area (Å²) in [7, 11) is 0. The van der Waals surface area contributed by atoms with E-state index in [0.717, 1.165) is 18.4 Å². The van der Waals surface area contributed by atoms with Crippen LogP contribution in [0.4, 0.5) is 0 Å². The molecule has 1 aliphatic rings. The van der Waals surface area contributed by atoms with Crippen LogP contribution in [0.25, 0.3) is 10.9 Å². The van der Waals surface area contributed by atoms with Gasteiger partial charge in [0.1, 0.15) is 0 Å². The van der Waals surface area contributed by atoms with Crippen LogP contribution in [0.5, 0.6) is 0 Å². The molecule has 1 saturated carbocycles. The molecule has 3 N–H and O–H groups in total. The van der Waals surface area contributed by atoms with E-state index in [4.69, 9.17) is 0 Å². The Hall–Kier alpha value is -2.59. The van der Waals surface area contributed by atoms with E-state index >= 15 is 0 Å². The molecule has 0 radical (unpaired) electrons. The van der Waals surface area contributed by atoms with Gasteiger partial charge in [0.05, 0.1) is 6.04 Å². The fourth-order valence-electron chi connectivity index (χ4n) is 3.42. The Morgan fingerprint density at radius 3 is 2.62 bits per heavy atom. The zero-order chi connectivity index (χ0) is 17.9. The van der Waals surface area contributed by atoms with Crippen LogP contribution >= 0.6 is 0 Å². The number of carbonyl (C=O) groups is 1. The van der Waals surface area contributed by atoms with Gasteiger partial charge in [-0.05, 0) is 37.0 Å². The summed E-state index contributed by atoms with van der Waals surface area (Å²) in [6, 6.07) is 19.0. The smallest absolute Gasteiger partial charge is 0.237 e. The van der Waals surface area contributed by atoms with E-state index in [1.165, 1.54) is 16.5 Å². The summed E-state index contributed by atoms with van der Waals surface area (Å²) in [6.07, 6.45) is 4.32. The van der Waals surface area contributed by atoms with Gasteiger partial charge in [-0.25, -0.2) is 0 Å². The minimum atomic E-state index is -0.202. The van der Waals surface area contributed by atoms with Crippen molar-refractivity contribution < 1.29 is 4.79 Å². The highest BCUT2D eigenvalue weighted by atomic mass is 16.2. The van der Waals surface area contributed by atoms with Crippen molar-refractivity contribution in [3.63, 3.8) is 0 Å². The van der Waals surface area contributed by atoms with Gasteiger partial charge in [-0.1, -0.05) is 48.5 Å². The first-order chi connectivity index (χ1) is 12.7. The van der Waals surface area contributed by atoms with E-state index in [2.05, 4.69) is 64.3 Å². The van der Waals surface area contributed by atoms with Gasteiger partial charge in [0, 0.05) is 35.6 Å². The number of amides is 1. The van der Waals surface area contributed by atoms with Crippen molar-refractivity contribution in [2.75, 3.05) is 6.54 Å². The van der Waals surface area contributed by atoms with Crippen LogP contribution in [0.2, 0.25) is 0 Å². The highest BCUT2D eigenvalue weighted by molar-refractivity contribution is 5.84. The zero-order valence-electron chi connectivity index (χ0n) is 15.0. The van der Waals surface area contributed by atoms with Gasteiger partial charge in [-0.2, -0.15) is 0 Å². The SMILES string of the molecule is C[C@@H](NC[C@H](c1ccccc1)c1c[nH]c2ccccc12)C(=O)NC1CC1. The molecule has 0 saturated heterocycles. The maximum Gasteiger partial charge on any atom is 0.237 e. The predicted molar refractivity (Wildman–Crippen MR) is 105 cm³/mol. The van der Waals surface area contributed by atoms with Crippen LogP contribution < -0.4 is 10.6 Å². The third kappa shape index (κ3) is 3.65. The summed E-state index contributed by atoms with van der Waals surface area (Å²) >= 11 is 0. The van der Waals surface area contributed by atoms with Gasteiger partial charge < -0.3 is 15.6 Å². The van der Waals surface area contributed by atoms with Crippen molar-refractivity contribution in [2.24, 2.45) is 0 Å². The molecule has 1 fully saturated rings. The second-order valence-electron chi connectivity index (χ2n) is 7.17. The molecule has 0 bridgehead atoms. The Bertz CT molecular complexity index is 883. The van der Waals surface area contributed by atoms with Crippen LogP contribution in [0.15, 0.2) is 60.8 Å². The Morgan fingerprint density at radius 2 is 1.85 bits per heavy atom.